The Morgan fingerprint density at radius 1 is 1.28 bits per heavy atom. The van der Waals surface area contributed by atoms with Gasteiger partial charge in [-0.3, -0.25) is 10.2 Å². The molecule has 3 saturated heterocycles. The van der Waals surface area contributed by atoms with Gasteiger partial charge in [-0.2, -0.15) is 0 Å². The van der Waals surface area contributed by atoms with Gasteiger partial charge in [-0.1, -0.05) is 0 Å². The van der Waals surface area contributed by atoms with Crippen molar-refractivity contribution in [2.24, 2.45) is 0 Å². The third kappa shape index (κ3) is 5.38. The molecule has 36 heavy (non-hydrogen) atoms. The molecule has 2 aromatic rings. The highest BCUT2D eigenvalue weighted by Gasteiger charge is 2.56. The zero-order valence-corrected chi connectivity index (χ0v) is 21.9. The van der Waals surface area contributed by atoms with Crippen molar-refractivity contribution in [1.82, 2.24) is 24.8 Å². The van der Waals surface area contributed by atoms with Crippen molar-refractivity contribution in [3.63, 3.8) is 0 Å². The van der Waals surface area contributed by atoms with Crippen molar-refractivity contribution < 1.29 is 24.1 Å². The summed E-state index contributed by atoms with van der Waals surface area (Å²) < 4.78 is 26.8. The van der Waals surface area contributed by atoms with E-state index in [-0.39, 0.29) is 24.5 Å². The first-order valence-corrected chi connectivity index (χ1v) is 12.9. The highest BCUT2D eigenvalue weighted by molar-refractivity contribution is 5.86. The fourth-order valence-corrected chi connectivity index (χ4v) is 5.67. The van der Waals surface area contributed by atoms with E-state index < -0.39 is 17.8 Å². The summed E-state index contributed by atoms with van der Waals surface area (Å²) in [4.78, 5) is 11.0. The molecule has 0 saturated carbocycles. The van der Waals surface area contributed by atoms with E-state index in [2.05, 4.69) is 20.2 Å². The van der Waals surface area contributed by atoms with Crippen LogP contribution >= 0.6 is 0 Å². The molecule has 0 bridgehead atoms. The number of anilines is 1. The van der Waals surface area contributed by atoms with Crippen LogP contribution in [0.4, 0.5) is 5.82 Å². The average Bonchev–Trinajstić information content (AvgIpc) is 3.52. The maximum Gasteiger partial charge on any atom is 0.214 e. The Morgan fingerprint density at radius 2 is 2.06 bits per heavy atom. The lowest BCUT2D eigenvalue weighted by Crippen LogP contribution is -2.44. The summed E-state index contributed by atoms with van der Waals surface area (Å²) in [6, 6.07) is 2.31. The Labute approximate surface area is 212 Å². The molecule has 3 aliphatic heterocycles. The Balaban J connectivity index is 1.26. The van der Waals surface area contributed by atoms with Crippen LogP contribution < -0.4 is 11.1 Å². The smallest absolute Gasteiger partial charge is 0.214 e. The first-order chi connectivity index (χ1) is 17.0. The topological polar surface area (TPSA) is 129 Å². The minimum atomic E-state index is -0.972. The number of likely N-dealkylation sites (tertiary alicyclic amines) is 1. The van der Waals surface area contributed by atoms with Gasteiger partial charge in [-0.25, -0.2) is 9.97 Å². The van der Waals surface area contributed by atoms with Gasteiger partial charge in [-0.15, -0.1) is 0 Å². The molecule has 6 atom stereocenters. The summed E-state index contributed by atoms with van der Waals surface area (Å²) in [6.45, 7) is 12.1. The number of nitrogen functional groups attached to an aromatic ring is 1. The maximum absolute atomic E-state index is 10.1. The number of aromatic nitrogens is 3. The molecule has 3 fully saturated rings. The van der Waals surface area contributed by atoms with Gasteiger partial charge < -0.3 is 34.4 Å². The van der Waals surface area contributed by atoms with E-state index in [4.69, 9.17) is 24.7 Å². The van der Waals surface area contributed by atoms with Gasteiger partial charge in [-0.05, 0) is 66.5 Å². The predicted octanol–water partition coefficient (Wildman–Crippen LogP) is 1.97. The van der Waals surface area contributed by atoms with Crippen LogP contribution in [0, 0.1) is 0 Å². The number of rotatable bonds is 8. The van der Waals surface area contributed by atoms with E-state index >= 15 is 0 Å². The van der Waals surface area contributed by atoms with E-state index in [1.54, 1.807) is 0 Å². The van der Waals surface area contributed by atoms with Crippen LogP contribution in [0.5, 0.6) is 0 Å². The molecule has 1 unspecified atom stereocenters. The summed E-state index contributed by atoms with van der Waals surface area (Å²) in [5, 5.41) is 14.0. The van der Waals surface area contributed by atoms with Crippen LogP contribution in [0.3, 0.4) is 0 Å². The van der Waals surface area contributed by atoms with Crippen molar-refractivity contribution in [3.8, 4) is 0 Å². The number of nitrogens with two attached hydrogens (primary N) is 1. The molecule has 0 aromatic carbocycles. The number of aliphatic hydroxyl groups is 1. The highest BCUT2D eigenvalue weighted by atomic mass is 16.8. The van der Waals surface area contributed by atoms with Gasteiger partial charge in [0.05, 0.1) is 11.0 Å². The van der Waals surface area contributed by atoms with Crippen LogP contribution in [0.25, 0.3) is 11.0 Å². The second-order valence-electron chi connectivity index (χ2n) is 11.5. The number of nitrogens with one attached hydrogen (secondary N) is 1. The van der Waals surface area contributed by atoms with Gasteiger partial charge >= 0.3 is 0 Å². The molecule has 11 heteroatoms. The van der Waals surface area contributed by atoms with Gasteiger partial charge in [0.25, 0.3) is 0 Å². The number of ether oxygens (including phenoxy) is 4. The third-order valence-corrected chi connectivity index (χ3v) is 7.11. The summed E-state index contributed by atoms with van der Waals surface area (Å²) in [5.74, 6) is -0.246. The molecule has 200 valence electrons. The summed E-state index contributed by atoms with van der Waals surface area (Å²) >= 11 is 0. The first-order valence-electron chi connectivity index (χ1n) is 12.9. The largest absolute Gasteiger partial charge is 0.383 e. The first kappa shape index (κ1) is 25.8. The Bertz CT molecular complexity index is 1060. The van der Waals surface area contributed by atoms with Crippen LogP contribution in [0.1, 0.15) is 60.1 Å². The normalized spacial score (nSPS) is 31.3. The van der Waals surface area contributed by atoms with Crippen molar-refractivity contribution in [3.05, 3.63) is 18.6 Å². The lowest BCUT2D eigenvalue weighted by molar-refractivity contribution is -0.198. The van der Waals surface area contributed by atoms with Crippen LogP contribution in [0.2, 0.25) is 0 Å². The SMILES string of the molecule is CC(C)(C)OC(O)NCC[C@@H]1CCCN1C[C@H]1O[C@@H](n2ccc3c(N)ncnc32)[C@@H]2OC(C)(C)O[C@@H]21. The van der Waals surface area contributed by atoms with Crippen molar-refractivity contribution in [1.29, 1.82) is 0 Å². The monoisotopic (exact) mass is 504 g/mol. The molecular weight excluding hydrogens is 464 g/mol. The van der Waals surface area contributed by atoms with E-state index in [1.165, 1.54) is 6.33 Å². The summed E-state index contributed by atoms with van der Waals surface area (Å²) in [7, 11) is 0. The molecule has 11 nitrogen and oxygen atoms in total. The third-order valence-electron chi connectivity index (χ3n) is 7.11. The van der Waals surface area contributed by atoms with Crippen molar-refractivity contribution in [2.75, 3.05) is 25.4 Å². The van der Waals surface area contributed by atoms with E-state index in [0.717, 1.165) is 43.4 Å². The van der Waals surface area contributed by atoms with Gasteiger partial charge in [0.2, 0.25) is 6.41 Å². The Morgan fingerprint density at radius 3 is 2.83 bits per heavy atom. The second kappa shape index (κ2) is 9.79. The fourth-order valence-electron chi connectivity index (χ4n) is 5.67. The van der Waals surface area contributed by atoms with E-state index in [0.29, 0.717) is 18.4 Å². The molecule has 2 aromatic heterocycles. The molecule has 0 aliphatic carbocycles. The molecular formula is C25H40N6O5. The number of fused-ring (bicyclic) bond motifs is 2. The molecule has 0 amide bonds. The van der Waals surface area contributed by atoms with E-state index in [9.17, 15) is 5.11 Å². The molecule has 3 aliphatic rings. The summed E-state index contributed by atoms with van der Waals surface area (Å²) in [6.07, 6.45) is 4.62. The average molecular weight is 505 g/mol. The van der Waals surface area contributed by atoms with Gasteiger partial charge in [0, 0.05) is 25.3 Å². The number of hydrogen-bond donors (Lipinski definition) is 3. The number of nitrogens with zero attached hydrogens (tertiary/aromatic N) is 4. The van der Waals surface area contributed by atoms with Gasteiger partial charge in [0.15, 0.2) is 12.0 Å². The zero-order valence-electron chi connectivity index (χ0n) is 21.9. The van der Waals surface area contributed by atoms with Crippen molar-refractivity contribution >= 4 is 16.9 Å². The predicted molar refractivity (Wildman–Crippen MR) is 134 cm³/mol. The van der Waals surface area contributed by atoms with Crippen LogP contribution in [-0.2, 0) is 18.9 Å². The fraction of sp³-hybridized carbons (Fsp3) is 0.760. The van der Waals surface area contributed by atoms with Gasteiger partial charge in [0.1, 0.15) is 36.1 Å². The van der Waals surface area contributed by atoms with E-state index in [1.807, 2.05) is 51.4 Å². The standard InChI is InChI=1S/C25H40N6O5/c1-24(2,3)36-23(32)27-10-8-15-7-6-11-30(15)13-17-18-19(35-25(4,5)34-18)22(33-17)31-12-9-16-20(26)28-14-29-21(16)31/h9,12,14-15,17-19,22-23,27,32H,6-8,10-11,13H2,1-5H3,(H2,26,28,29)/t15-,17+,18+,19+,22+,23?/m0/s1. The molecule has 0 radical (unpaired) electrons. The Kier molecular flexibility index (Phi) is 7.01. The lowest BCUT2D eigenvalue weighted by atomic mass is 10.1. The number of aliphatic hydroxyl groups excluding tert-OH is 1. The summed E-state index contributed by atoms with van der Waals surface area (Å²) in [5.41, 5.74) is 6.38. The molecule has 0 spiro atoms. The van der Waals surface area contributed by atoms with Crippen LogP contribution in [0.15, 0.2) is 18.6 Å². The quantitative estimate of drug-likeness (QED) is 0.459. The van der Waals surface area contributed by atoms with Crippen molar-refractivity contribution in [2.45, 2.75) is 102 Å². The molecule has 5 rings (SSSR count). The minimum absolute atomic E-state index is 0.151. The minimum Gasteiger partial charge on any atom is -0.383 e. The maximum atomic E-state index is 10.1. The molecule has 4 N–H and O–H groups in total. The second-order valence-corrected chi connectivity index (χ2v) is 11.5. The molecule has 5 heterocycles. The zero-order chi connectivity index (χ0) is 25.7. The lowest BCUT2D eigenvalue weighted by Gasteiger charge is -2.30. The Hall–Kier alpha value is -1.86. The van der Waals surface area contributed by atoms with Crippen LogP contribution in [-0.4, -0.2) is 86.3 Å². The highest BCUT2D eigenvalue weighted by Crippen LogP contribution is 2.44. The number of hydrogen-bond acceptors (Lipinski definition) is 10.